The van der Waals surface area contributed by atoms with Crippen LogP contribution in [0.3, 0.4) is 0 Å². The zero-order valence-corrected chi connectivity index (χ0v) is 14.0. The Balaban J connectivity index is 2.10. The Morgan fingerprint density at radius 3 is 2.43 bits per heavy atom. The van der Waals surface area contributed by atoms with Crippen LogP contribution >= 0.6 is 11.3 Å². The fraction of sp³-hybridized carbons (Fsp3) is 0.375. The summed E-state index contributed by atoms with van der Waals surface area (Å²) in [6, 6.07) is 9.62. The minimum atomic E-state index is -3.12. The molecule has 0 saturated heterocycles. The van der Waals surface area contributed by atoms with Gasteiger partial charge in [0, 0.05) is 12.3 Å². The summed E-state index contributed by atoms with van der Waals surface area (Å²) < 4.78 is 23.0. The van der Waals surface area contributed by atoms with Gasteiger partial charge in [0.1, 0.15) is 0 Å². The summed E-state index contributed by atoms with van der Waals surface area (Å²) >= 11 is 1.72. The van der Waals surface area contributed by atoms with Crippen molar-refractivity contribution in [3.63, 3.8) is 0 Å². The van der Waals surface area contributed by atoms with E-state index in [9.17, 15) is 8.42 Å². The molecule has 2 aromatic rings. The Morgan fingerprint density at radius 2 is 1.90 bits per heavy atom. The molecule has 5 heteroatoms. The van der Waals surface area contributed by atoms with E-state index in [1.807, 2.05) is 12.1 Å². The maximum Gasteiger partial charge on any atom is 0.175 e. The number of hydrogen-bond donors (Lipinski definition) is 1. The normalized spacial score (nSPS) is 13.2. The molecule has 1 aromatic heterocycles. The van der Waals surface area contributed by atoms with E-state index in [1.165, 1.54) is 11.8 Å². The minimum absolute atomic E-state index is 0.253. The third kappa shape index (κ3) is 4.66. The predicted molar refractivity (Wildman–Crippen MR) is 88.6 cm³/mol. The molecule has 1 unspecified atom stereocenters. The van der Waals surface area contributed by atoms with E-state index in [-0.39, 0.29) is 6.04 Å². The molecule has 0 saturated carbocycles. The highest BCUT2D eigenvalue weighted by Crippen LogP contribution is 2.22. The van der Waals surface area contributed by atoms with Crippen LogP contribution in [0, 0.1) is 0 Å². The molecular weight excluding hydrogens is 302 g/mol. The first-order chi connectivity index (χ1) is 10.0. The summed E-state index contributed by atoms with van der Waals surface area (Å²) in [5, 5.41) is 7.75. The molecule has 114 valence electrons. The van der Waals surface area contributed by atoms with E-state index in [0.717, 1.165) is 24.9 Å². The smallest absolute Gasteiger partial charge is 0.175 e. The number of rotatable bonds is 7. The molecule has 2 rings (SSSR count). The van der Waals surface area contributed by atoms with Crippen LogP contribution in [0.1, 0.15) is 30.5 Å². The van der Waals surface area contributed by atoms with E-state index in [2.05, 4.69) is 29.1 Å². The van der Waals surface area contributed by atoms with Gasteiger partial charge in [0.2, 0.25) is 0 Å². The van der Waals surface area contributed by atoms with Crippen molar-refractivity contribution in [3.05, 3.63) is 52.2 Å². The van der Waals surface area contributed by atoms with Crippen LogP contribution in [0.5, 0.6) is 0 Å². The molecule has 1 N–H and O–H groups in total. The Hall–Kier alpha value is -1.17. The lowest BCUT2D eigenvalue weighted by Gasteiger charge is -2.18. The van der Waals surface area contributed by atoms with Crippen molar-refractivity contribution in [2.45, 2.75) is 30.7 Å². The Bertz CT molecular complexity index is 646. The molecule has 0 radical (unpaired) electrons. The van der Waals surface area contributed by atoms with E-state index in [4.69, 9.17) is 0 Å². The van der Waals surface area contributed by atoms with Gasteiger partial charge in [-0.25, -0.2) is 8.42 Å². The molecule has 0 aliphatic carbocycles. The first-order valence-corrected chi connectivity index (χ1v) is 9.88. The number of nitrogens with one attached hydrogen (secondary N) is 1. The number of hydrogen-bond acceptors (Lipinski definition) is 4. The lowest BCUT2D eigenvalue weighted by Crippen LogP contribution is -2.21. The average Bonchev–Trinajstić information content (AvgIpc) is 2.96. The molecule has 1 atom stereocenters. The molecule has 1 heterocycles. The maximum atomic E-state index is 11.5. The highest BCUT2D eigenvalue weighted by atomic mass is 32.2. The maximum absolute atomic E-state index is 11.5. The lowest BCUT2D eigenvalue weighted by atomic mass is 10.00. The Kier molecular flexibility index (Phi) is 5.56. The highest BCUT2D eigenvalue weighted by Gasteiger charge is 2.12. The average molecular weight is 323 g/mol. The van der Waals surface area contributed by atoms with Gasteiger partial charge in [-0.3, -0.25) is 0 Å². The van der Waals surface area contributed by atoms with Crippen LogP contribution in [-0.4, -0.2) is 21.2 Å². The van der Waals surface area contributed by atoms with Crippen molar-refractivity contribution in [3.8, 4) is 0 Å². The number of aryl methyl sites for hydroxylation is 1. The van der Waals surface area contributed by atoms with Crippen LogP contribution in [0.4, 0.5) is 0 Å². The van der Waals surface area contributed by atoms with Gasteiger partial charge in [-0.15, -0.1) is 0 Å². The molecular formula is C16H21NO2S2. The molecule has 1 aromatic carbocycles. The van der Waals surface area contributed by atoms with Crippen molar-refractivity contribution in [1.29, 1.82) is 0 Å². The van der Waals surface area contributed by atoms with Crippen molar-refractivity contribution in [2.24, 2.45) is 0 Å². The molecule has 3 nitrogen and oxygen atoms in total. The Morgan fingerprint density at radius 1 is 1.19 bits per heavy atom. The third-order valence-corrected chi connectivity index (χ3v) is 5.32. The zero-order valence-electron chi connectivity index (χ0n) is 12.4. The molecule has 0 bridgehead atoms. The summed E-state index contributed by atoms with van der Waals surface area (Å²) in [6.45, 7) is 2.98. The number of benzene rings is 1. The summed E-state index contributed by atoms with van der Waals surface area (Å²) in [5.41, 5.74) is 2.50. The highest BCUT2D eigenvalue weighted by molar-refractivity contribution is 7.90. The third-order valence-electron chi connectivity index (χ3n) is 3.46. The van der Waals surface area contributed by atoms with Crippen LogP contribution in [0.2, 0.25) is 0 Å². The van der Waals surface area contributed by atoms with Gasteiger partial charge in [-0.1, -0.05) is 19.1 Å². The predicted octanol–water partition coefficient (Wildman–Crippen LogP) is 3.44. The topological polar surface area (TPSA) is 46.2 Å². The van der Waals surface area contributed by atoms with E-state index in [1.54, 1.807) is 23.5 Å². The quantitative estimate of drug-likeness (QED) is 0.849. The van der Waals surface area contributed by atoms with Crippen LogP contribution in [0.25, 0.3) is 0 Å². The summed E-state index contributed by atoms with van der Waals surface area (Å²) in [5.74, 6) is 0. The molecule has 0 fully saturated rings. The van der Waals surface area contributed by atoms with Crippen molar-refractivity contribution >= 4 is 21.2 Å². The van der Waals surface area contributed by atoms with E-state index < -0.39 is 9.84 Å². The van der Waals surface area contributed by atoms with Gasteiger partial charge in [0.15, 0.2) is 9.84 Å². The van der Waals surface area contributed by atoms with Crippen LogP contribution in [-0.2, 0) is 16.3 Å². The monoisotopic (exact) mass is 323 g/mol. The van der Waals surface area contributed by atoms with Gasteiger partial charge >= 0.3 is 0 Å². The van der Waals surface area contributed by atoms with Gasteiger partial charge < -0.3 is 5.32 Å². The van der Waals surface area contributed by atoms with Gasteiger partial charge in [0.05, 0.1) is 4.90 Å². The van der Waals surface area contributed by atoms with E-state index in [0.29, 0.717) is 4.90 Å². The molecule has 0 aliphatic rings. The van der Waals surface area contributed by atoms with Gasteiger partial charge in [0.25, 0.3) is 0 Å². The standard InChI is InChI=1S/C16H21NO2S2/c1-3-17-16(9-4-13-10-11-20-12-13)14-5-7-15(8-6-14)21(2,18)19/h5-8,10-12,16-17H,3-4,9H2,1-2H3. The van der Waals surface area contributed by atoms with E-state index >= 15 is 0 Å². The largest absolute Gasteiger partial charge is 0.310 e. The molecule has 0 amide bonds. The van der Waals surface area contributed by atoms with Gasteiger partial charge in [-0.2, -0.15) is 11.3 Å². The van der Waals surface area contributed by atoms with Crippen molar-refractivity contribution in [2.75, 3.05) is 12.8 Å². The second kappa shape index (κ2) is 7.20. The SMILES string of the molecule is CCNC(CCc1ccsc1)c1ccc(S(C)(=O)=O)cc1. The zero-order chi connectivity index (χ0) is 15.3. The summed E-state index contributed by atoms with van der Waals surface area (Å²) in [7, 11) is -3.12. The van der Waals surface area contributed by atoms with Crippen LogP contribution < -0.4 is 5.32 Å². The van der Waals surface area contributed by atoms with Crippen LogP contribution in [0.15, 0.2) is 46.0 Å². The summed E-state index contributed by atoms with van der Waals surface area (Å²) in [6.07, 6.45) is 3.26. The van der Waals surface area contributed by atoms with Gasteiger partial charge in [-0.05, 0) is 59.5 Å². The first kappa shape index (κ1) is 16.2. The fourth-order valence-electron chi connectivity index (χ4n) is 2.33. The minimum Gasteiger partial charge on any atom is -0.310 e. The Labute approximate surface area is 130 Å². The fourth-order valence-corrected chi connectivity index (χ4v) is 3.66. The second-order valence-corrected chi connectivity index (χ2v) is 7.92. The molecule has 21 heavy (non-hydrogen) atoms. The second-order valence-electron chi connectivity index (χ2n) is 5.12. The van der Waals surface area contributed by atoms with Crippen molar-refractivity contribution in [1.82, 2.24) is 5.32 Å². The molecule has 0 aliphatic heterocycles. The number of thiophene rings is 1. The lowest BCUT2D eigenvalue weighted by molar-refractivity contribution is 0.515. The van der Waals surface area contributed by atoms with Crippen molar-refractivity contribution < 1.29 is 8.42 Å². The first-order valence-electron chi connectivity index (χ1n) is 7.05. The summed E-state index contributed by atoms with van der Waals surface area (Å²) in [4.78, 5) is 0.374. The molecule has 0 spiro atoms. The number of sulfone groups is 1.